The lowest BCUT2D eigenvalue weighted by atomic mass is 10.1. The molecule has 27 heavy (non-hydrogen) atoms. The molecule has 0 radical (unpaired) electrons. The Labute approximate surface area is 167 Å². The minimum Gasteiger partial charge on any atom is -0.482 e. The molecule has 0 atom stereocenters. The summed E-state index contributed by atoms with van der Waals surface area (Å²) < 4.78 is 10.4. The molecule has 2 aromatic rings. The molecule has 1 amide bonds. The lowest BCUT2D eigenvalue weighted by Gasteiger charge is -2.16. The van der Waals surface area contributed by atoms with Crippen molar-refractivity contribution in [1.82, 2.24) is 0 Å². The van der Waals surface area contributed by atoms with Crippen molar-refractivity contribution in [2.75, 3.05) is 18.6 Å². The molecule has 3 rings (SSSR count). The lowest BCUT2D eigenvalue weighted by molar-refractivity contribution is -0.142. The molecule has 138 valence electrons. The fourth-order valence-electron chi connectivity index (χ4n) is 2.50. The van der Waals surface area contributed by atoms with E-state index in [1.165, 1.54) is 18.9 Å². The molecule has 1 aliphatic rings. The Hall–Kier alpha value is -2.64. The first-order chi connectivity index (χ1) is 13.0. The van der Waals surface area contributed by atoms with E-state index < -0.39 is 5.97 Å². The van der Waals surface area contributed by atoms with Crippen molar-refractivity contribution < 1.29 is 19.1 Å². The van der Waals surface area contributed by atoms with Crippen LogP contribution in [-0.4, -0.2) is 29.9 Å². The summed E-state index contributed by atoms with van der Waals surface area (Å²) >= 11 is 6.69. The van der Waals surface area contributed by atoms with Gasteiger partial charge in [0.1, 0.15) is 5.75 Å². The molecule has 0 unspecified atom stereocenters. The Morgan fingerprint density at radius 2 is 1.89 bits per heavy atom. The van der Waals surface area contributed by atoms with Crippen molar-refractivity contribution in [1.29, 1.82) is 0 Å². The third-order valence-electron chi connectivity index (χ3n) is 3.91. The van der Waals surface area contributed by atoms with Crippen molar-refractivity contribution in [3.8, 4) is 5.75 Å². The number of amides is 1. The standard InChI is InChI=1S/C20H17NO4S2/c1-13-5-3-4-6-16(13)21-19(23)17(27-20(21)26)11-14-7-9-15(10-8-14)25-12-18(22)24-2/h3-11H,12H2,1-2H3/b17-11-. The smallest absolute Gasteiger partial charge is 0.343 e. The summed E-state index contributed by atoms with van der Waals surface area (Å²) in [6.07, 6.45) is 1.79. The highest BCUT2D eigenvalue weighted by molar-refractivity contribution is 8.27. The number of methoxy groups -OCH3 is 1. The van der Waals surface area contributed by atoms with Crippen LogP contribution in [0, 0.1) is 6.92 Å². The number of para-hydroxylation sites is 1. The maximum absolute atomic E-state index is 12.8. The number of rotatable bonds is 5. The maximum atomic E-state index is 12.8. The summed E-state index contributed by atoms with van der Waals surface area (Å²) in [6.45, 7) is 1.80. The van der Waals surface area contributed by atoms with Gasteiger partial charge in [-0.25, -0.2) is 4.79 Å². The van der Waals surface area contributed by atoms with Crippen molar-refractivity contribution in [3.05, 3.63) is 64.6 Å². The zero-order valence-corrected chi connectivity index (χ0v) is 16.4. The first kappa shape index (κ1) is 19.1. The van der Waals surface area contributed by atoms with Gasteiger partial charge in [-0.2, -0.15) is 0 Å². The molecule has 0 saturated carbocycles. The summed E-state index contributed by atoms with van der Waals surface area (Å²) in [6, 6.07) is 14.7. The number of nitrogens with zero attached hydrogens (tertiary/aromatic N) is 1. The second-order valence-electron chi connectivity index (χ2n) is 5.74. The van der Waals surface area contributed by atoms with Crippen LogP contribution in [0.25, 0.3) is 6.08 Å². The van der Waals surface area contributed by atoms with Gasteiger partial charge in [0.15, 0.2) is 10.9 Å². The van der Waals surface area contributed by atoms with E-state index in [0.717, 1.165) is 16.8 Å². The summed E-state index contributed by atoms with van der Waals surface area (Å²) in [5.41, 5.74) is 2.63. The largest absolute Gasteiger partial charge is 0.482 e. The summed E-state index contributed by atoms with van der Waals surface area (Å²) in [5.74, 6) is -0.0331. The quantitative estimate of drug-likeness (QED) is 0.431. The molecule has 0 aromatic heterocycles. The third-order valence-corrected chi connectivity index (χ3v) is 5.21. The highest BCUT2D eigenvalue weighted by atomic mass is 32.2. The fraction of sp³-hybridized carbons (Fsp3) is 0.150. The highest BCUT2D eigenvalue weighted by Crippen LogP contribution is 2.37. The van der Waals surface area contributed by atoms with E-state index >= 15 is 0 Å². The Balaban J connectivity index is 1.76. The van der Waals surface area contributed by atoms with E-state index in [-0.39, 0.29) is 12.5 Å². The minimum atomic E-state index is -0.445. The van der Waals surface area contributed by atoms with Crippen molar-refractivity contribution >= 4 is 51.9 Å². The molecule has 2 aromatic carbocycles. The van der Waals surface area contributed by atoms with Gasteiger partial charge in [-0.15, -0.1) is 0 Å². The molecule has 1 fully saturated rings. The fourth-order valence-corrected chi connectivity index (χ4v) is 3.79. The zero-order chi connectivity index (χ0) is 19.4. The lowest BCUT2D eigenvalue weighted by Crippen LogP contribution is -2.28. The molecule has 0 N–H and O–H groups in total. The number of carbonyl (C=O) groups is 2. The highest BCUT2D eigenvalue weighted by Gasteiger charge is 2.33. The van der Waals surface area contributed by atoms with E-state index in [1.807, 2.05) is 43.3 Å². The monoisotopic (exact) mass is 399 g/mol. The van der Waals surface area contributed by atoms with Gasteiger partial charge in [0.05, 0.1) is 17.7 Å². The molecule has 1 saturated heterocycles. The number of hydrogen-bond acceptors (Lipinski definition) is 6. The molecule has 1 aliphatic heterocycles. The Morgan fingerprint density at radius 3 is 2.56 bits per heavy atom. The van der Waals surface area contributed by atoms with Crippen LogP contribution in [0.1, 0.15) is 11.1 Å². The van der Waals surface area contributed by atoms with Crippen molar-refractivity contribution in [3.63, 3.8) is 0 Å². The summed E-state index contributed by atoms with van der Waals surface area (Å²) in [4.78, 5) is 26.1. The topological polar surface area (TPSA) is 55.8 Å². The van der Waals surface area contributed by atoms with Crippen LogP contribution in [0.15, 0.2) is 53.4 Å². The average Bonchev–Trinajstić information content (AvgIpc) is 2.94. The summed E-state index contributed by atoms with van der Waals surface area (Å²) in [5, 5.41) is 0. The average molecular weight is 399 g/mol. The van der Waals surface area contributed by atoms with Gasteiger partial charge in [-0.3, -0.25) is 9.69 Å². The van der Waals surface area contributed by atoms with Gasteiger partial charge in [0, 0.05) is 0 Å². The second kappa shape index (κ2) is 8.37. The first-order valence-electron chi connectivity index (χ1n) is 8.13. The van der Waals surface area contributed by atoms with Gasteiger partial charge < -0.3 is 9.47 Å². The van der Waals surface area contributed by atoms with Gasteiger partial charge in [-0.05, 0) is 42.3 Å². The van der Waals surface area contributed by atoms with Crippen LogP contribution in [0.2, 0.25) is 0 Å². The van der Waals surface area contributed by atoms with Gasteiger partial charge >= 0.3 is 5.97 Å². The number of benzene rings is 2. The first-order valence-corrected chi connectivity index (χ1v) is 9.35. The number of ether oxygens (including phenoxy) is 2. The van der Waals surface area contributed by atoms with Crippen LogP contribution in [0.3, 0.4) is 0 Å². The Bertz CT molecular complexity index is 922. The van der Waals surface area contributed by atoms with Crippen molar-refractivity contribution in [2.24, 2.45) is 0 Å². The van der Waals surface area contributed by atoms with Crippen molar-refractivity contribution in [2.45, 2.75) is 6.92 Å². The number of anilines is 1. The number of esters is 1. The van der Waals surface area contributed by atoms with Gasteiger partial charge in [0.25, 0.3) is 5.91 Å². The molecule has 0 aliphatic carbocycles. The molecular weight excluding hydrogens is 382 g/mol. The predicted molar refractivity (Wildman–Crippen MR) is 111 cm³/mol. The van der Waals surface area contributed by atoms with Crippen LogP contribution in [0.4, 0.5) is 5.69 Å². The second-order valence-corrected chi connectivity index (χ2v) is 7.41. The molecule has 0 bridgehead atoms. The molecular formula is C20H17NO4S2. The SMILES string of the molecule is COC(=O)COc1ccc(/C=C2\SC(=S)N(c3ccccc3C)C2=O)cc1. The number of thioether (sulfide) groups is 1. The van der Waals surface area contributed by atoms with E-state index in [2.05, 4.69) is 4.74 Å². The third kappa shape index (κ3) is 4.37. The van der Waals surface area contributed by atoms with E-state index in [0.29, 0.717) is 15.0 Å². The van der Waals surface area contributed by atoms with E-state index in [9.17, 15) is 9.59 Å². The molecule has 1 heterocycles. The Kier molecular flexibility index (Phi) is 5.93. The molecule has 7 heteroatoms. The van der Waals surface area contributed by atoms with Crippen LogP contribution < -0.4 is 9.64 Å². The van der Waals surface area contributed by atoms with Gasteiger partial charge in [0.2, 0.25) is 0 Å². The molecule has 5 nitrogen and oxygen atoms in total. The number of thiocarbonyl (C=S) groups is 1. The van der Waals surface area contributed by atoms with Gasteiger partial charge in [-0.1, -0.05) is 54.3 Å². The zero-order valence-electron chi connectivity index (χ0n) is 14.8. The normalized spacial score (nSPS) is 15.3. The number of aryl methyl sites for hydroxylation is 1. The predicted octanol–water partition coefficient (Wildman–Crippen LogP) is 3.95. The molecule has 0 spiro atoms. The maximum Gasteiger partial charge on any atom is 0.343 e. The minimum absolute atomic E-state index is 0.134. The van der Waals surface area contributed by atoms with Crippen LogP contribution in [0.5, 0.6) is 5.75 Å². The van der Waals surface area contributed by atoms with E-state index in [4.69, 9.17) is 17.0 Å². The van der Waals surface area contributed by atoms with E-state index in [1.54, 1.807) is 23.1 Å². The Morgan fingerprint density at radius 1 is 1.19 bits per heavy atom. The van der Waals surface area contributed by atoms with Crippen LogP contribution >= 0.6 is 24.0 Å². The summed E-state index contributed by atoms with van der Waals surface area (Å²) in [7, 11) is 1.31. The number of hydrogen-bond donors (Lipinski definition) is 0. The number of carbonyl (C=O) groups excluding carboxylic acids is 2. The van der Waals surface area contributed by atoms with Crippen LogP contribution in [-0.2, 0) is 14.3 Å².